The highest BCUT2D eigenvalue weighted by atomic mass is 15.3. The number of aromatic nitrogens is 4. The van der Waals surface area contributed by atoms with Crippen LogP contribution in [0.25, 0.3) is 10.9 Å². The van der Waals surface area contributed by atoms with Gasteiger partial charge in [-0.05, 0) is 41.7 Å². The van der Waals surface area contributed by atoms with E-state index < -0.39 is 0 Å². The van der Waals surface area contributed by atoms with Crippen molar-refractivity contribution in [3.8, 4) is 0 Å². The van der Waals surface area contributed by atoms with Gasteiger partial charge in [0, 0.05) is 37.2 Å². The number of hydrogen-bond donors (Lipinski definition) is 3. The molecule has 2 heterocycles. The normalized spacial score (nSPS) is 11.7. The molecule has 2 aromatic carbocycles. The minimum atomic E-state index is 0.706. The van der Waals surface area contributed by atoms with Crippen molar-refractivity contribution in [3.05, 3.63) is 83.6 Å². The summed E-state index contributed by atoms with van der Waals surface area (Å²) >= 11 is 0. The molecule has 0 bridgehead atoms. The van der Waals surface area contributed by atoms with Crippen LogP contribution in [0.15, 0.2) is 66.3 Å². The minimum absolute atomic E-state index is 0.706. The SMILES string of the molecule is CN=C(NCCc1c[nH]c2cc(C)ccc12)NCc1cccc(Cn2cncn2)c1. The Morgan fingerprint density at radius 3 is 2.87 bits per heavy atom. The second-order valence-corrected chi connectivity index (χ2v) is 7.38. The van der Waals surface area contributed by atoms with Crippen LogP contribution < -0.4 is 10.6 Å². The van der Waals surface area contributed by atoms with Gasteiger partial charge >= 0.3 is 0 Å². The van der Waals surface area contributed by atoms with Crippen molar-refractivity contribution >= 4 is 16.9 Å². The molecule has 0 saturated carbocycles. The maximum Gasteiger partial charge on any atom is 0.191 e. The first kappa shape index (κ1) is 19.7. The van der Waals surface area contributed by atoms with E-state index >= 15 is 0 Å². The highest BCUT2D eigenvalue weighted by Crippen LogP contribution is 2.19. The molecule has 3 N–H and O–H groups in total. The highest BCUT2D eigenvalue weighted by Gasteiger charge is 2.05. The molecule has 0 aliphatic heterocycles. The lowest BCUT2D eigenvalue weighted by Gasteiger charge is -2.12. The second-order valence-electron chi connectivity index (χ2n) is 7.38. The summed E-state index contributed by atoms with van der Waals surface area (Å²) in [6, 6.07) is 15.0. The Hall–Kier alpha value is -3.61. The maximum atomic E-state index is 4.34. The summed E-state index contributed by atoms with van der Waals surface area (Å²) in [5.41, 5.74) is 6.16. The summed E-state index contributed by atoms with van der Waals surface area (Å²) in [6.45, 7) is 4.34. The van der Waals surface area contributed by atoms with E-state index in [9.17, 15) is 0 Å². The van der Waals surface area contributed by atoms with Crippen molar-refractivity contribution in [2.75, 3.05) is 13.6 Å². The largest absolute Gasteiger partial charge is 0.361 e. The Balaban J connectivity index is 1.29. The Morgan fingerprint density at radius 2 is 2.03 bits per heavy atom. The van der Waals surface area contributed by atoms with Crippen molar-refractivity contribution in [1.29, 1.82) is 0 Å². The molecule has 0 spiro atoms. The summed E-state index contributed by atoms with van der Waals surface area (Å²) in [5, 5.41) is 12.3. The zero-order valence-corrected chi connectivity index (χ0v) is 17.4. The van der Waals surface area contributed by atoms with E-state index in [1.807, 2.05) is 4.68 Å². The number of rotatable bonds is 7. The molecule has 0 saturated heterocycles. The van der Waals surface area contributed by atoms with Gasteiger partial charge < -0.3 is 15.6 Å². The molecule has 7 heteroatoms. The number of aromatic amines is 1. The summed E-state index contributed by atoms with van der Waals surface area (Å²) in [4.78, 5) is 11.7. The predicted molar refractivity (Wildman–Crippen MR) is 121 cm³/mol. The van der Waals surface area contributed by atoms with Gasteiger partial charge in [0.1, 0.15) is 12.7 Å². The van der Waals surface area contributed by atoms with E-state index in [-0.39, 0.29) is 0 Å². The van der Waals surface area contributed by atoms with E-state index in [2.05, 4.69) is 86.3 Å². The van der Waals surface area contributed by atoms with Crippen molar-refractivity contribution in [2.24, 2.45) is 4.99 Å². The molecule has 2 aromatic heterocycles. The van der Waals surface area contributed by atoms with Crippen LogP contribution in [0.5, 0.6) is 0 Å². The lowest BCUT2D eigenvalue weighted by molar-refractivity contribution is 0.683. The van der Waals surface area contributed by atoms with Crippen molar-refractivity contribution in [3.63, 3.8) is 0 Å². The fraction of sp³-hybridized carbons (Fsp3) is 0.261. The van der Waals surface area contributed by atoms with Crippen LogP contribution in [-0.2, 0) is 19.5 Å². The number of nitrogens with one attached hydrogen (secondary N) is 3. The van der Waals surface area contributed by atoms with Crippen LogP contribution in [0, 0.1) is 6.92 Å². The molecule has 0 aliphatic carbocycles. The van der Waals surface area contributed by atoms with E-state index in [1.165, 1.54) is 33.2 Å². The monoisotopic (exact) mass is 401 g/mol. The van der Waals surface area contributed by atoms with Crippen molar-refractivity contribution in [2.45, 2.75) is 26.4 Å². The number of aliphatic imine (C=N–C) groups is 1. The summed E-state index contributed by atoms with van der Waals surface area (Å²) < 4.78 is 1.82. The number of aryl methyl sites for hydroxylation is 1. The van der Waals surface area contributed by atoms with E-state index in [0.29, 0.717) is 13.1 Å². The first-order chi connectivity index (χ1) is 14.7. The summed E-state index contributed by atoms with van der Waals surface area (Å²) in [6.07, 6.45) is 6.31. The molecular formula is C23H27N7. The van der Waals surface area contributed by atoms with Crippen LogP contribution in [0.3, 0.4) is 0 Å². The molecule has 0 atom stereocenters. The van der Waals surface area contributed by atoms with Gasteiger partial charge in [0.15, 0.2) is 5.96 Å². The van der Waals surface area contributed by atoms with Crippen LogP contribution in [0.2, 0.25) is 0 Å². The Labute approximate surface area is 176 Å². The number of fused-ring (bicyclic) bond motifs is 1. The maximum absolute atomic E-state index is 4.34. The lowest BCUT2D eigenvalue weighted by atomic mass is 10.1. The quantitative estimate of drug-likeness (QED) is 0.328. The molecule has 0 aliphatic rings. The molecule has 4 aromatic rings. The summed E-state index contributed by atoms with van der Waals surface area (Å²) in [7, 11) is 1.80. The zero-order valence-electron chi connectivity index (χ0n) is 17.4. The van der Waals surface area contributed by atoms with Crippen LogP contribution in [-0.4, -0.2) is 39.3 Å². The smallest absolute Gasteiger partial charge is 0.191 e. The fourth-order valence-corrected chi connectivity index (χ4v) is 3.57. The zero-order chi connectivity index (χ0) is 20.8. The average molecular weight is 402 g/mol. The molecular weight excluding hydrogens is 374 g/mol. The Kier molecular flexibility index (Phi) is 6.08. The van der Waals surface area contributed by atoms with Crippen LogP contribution >= 0.6 is 0 Å². The second kappa shape index (κ2) is 9.26. The van der Waals surface area contributed by atoms with E-state index in [0.717, 1.165) is 18.9 Å². The number of guanidine groups is 1. The van der Waals surface area contributed by atoms with E-state index in [4.69, 9.17) is 0 Å². The minimum Gasteiger partial charge on any atom is -0.361 e. The van der Waals surface area contributed by atoms with Gasteiger partial charge in [0.25, 0.3) is 0 Å². The first-order valence-corrected chi connectivity index (χ1v) is 10.1. The van der Waals surface area contributed by atoms with Gasteiger partial charge in [-0.2, -0.15) is 5.10 Å². The van der Waals surface area contributed by atoms with E-state index in [1.54, 1.807) is 19.7 Å². The third-order valence-corrected chi connectivity index (χ3v) is 5.10. The topological polar surface area (TPSA) is 82.9 Å². The number of nitrogens with zero attached hydrogens (tertiary/aromatic N) is 4. The number of H-pyrrole nitrogens is 1. The molecule has 7 nitrogen and oxygen atoms in total. The summed E-state index contributed by atoms with van der Waals surface area (Å²) in [5.74, 6) is 0.798. The van der Waals surface area contributed by atoms with Gasteiger partial charge in [-0.1, -0.05) is 36.4 Å². The van der Waals surface area contributed by atoms with Crippen molar-refractivity contribution in [1.82, 2.24) is 30.4 Å². The number of benzene rings is 2. The van der Waals surface area contributed by atoms with Crippen LogP contribution in [0.1, 0.15) is 22.3 Å². The van der Waals surface area contributed by atoms with Gasteiger partial charge in [-0.3, -0.25) is 4.99 Å². The molecule has 0 unspecified atom stereocenters. The Morgan fingerprint density at radius 1 is 1.13 bits per heavy atom. The highest BCUT2D eigenvalue weighted by molar-refractivity contribution is 5.84. The van der Waals surface area contributed by atoms with Gasteiger partial charge in [0.2, 0.25) is 0 Å². The van der Waals surface area contributed by atoms with Gasteiger partial charge in [-0.25, -0.2) is 9.67 Å². The molecule has 0 amide bonds. The molecule has 0 fully saturated rings. The average Bonchev–Trinajstić information content (AvgIpc) is 3.40. The Bertz CT molecular complexity index is 1130. The lowest BCUT2D eigenvalue weighted by Crippen LogP contribution is -2.37. The van der Waals surface area contributed by atoms with Crippen molar-refractivity contribution < 1.29 is 0 Å². The molecule has 154 valence electrons. The van der Waals surface area contributed by atoms with Crippen LogP contribution in [0.4, 0.5) is 0 Å². The number of hydrogen-bond acceptors (Lipinski definition) is 3. The third-order valence-electron chi connectivity index (χ3n) is 5.10. The van der Waals surface area contributed by atoms with Gasteiger partial charge in [-0.15, -0.1) is 0 Å². The fourth-order valence-electron chi connectivity index (χ4n) is 3.57. The standard InChI is InChI=1S/C23H27N7/c1-17-6-7-21-20(13-27-22(21)10-17)8-9-26-23(24-2)28-12-18-4-3-5-19(11-18)14-30-16-25-15-29-30/h3-7,10-11,13,15-16,27H,8-9,12,14H2,1-2H3,(H2,24,26,28). The molecule has 30 heavy (non-hydrogen) atoms. The van der Waals surface area contributed by atoms with Gasteiger partial charge in [0.05, 0.1) is 6.54 Å². The first-order valence-electron chi connectivity index (χ1n) is 10.1. The third kappa shape index (κ3) is 4.86. The molecule has 4 rings (SSSR count). The predicted octanol–water partition coefficient (Wildman–Crippen LogP) is 3.02. The molecule has 0 radical (unpaired) electrons.